The second kappa shape index (κ2) is 13.4. The third-order valence-electron chi connectivity index (χ3n) is 8.05. The van der Waals surface area contributed by atoms with Gasteiger partial charge in [0.2, 0.25) is 0 Å². The molecule has 46 heavy (non-hydrogen) atoms. The molecule has 0 unspecified atom stereocenters. The molecule has 228 valence electrons. The predicted molar refractivity (Wildman–Crippen MR) is 169 cm³/mol. The fraction of sp³-hybridized carbons (Fsp3) is 0.176. The molecule has 1 amide bonds. The Hall–Kier alpha value is -5.95. The monoisotopic (exact) mass is 613 g/mol. The lowest BCUT2D eigenvalue weighted by atomic mass is 9.91. The van der Waals surface area contributed by atoms with Crippen molar-refractivity contribution in [2.45, 2.75) is 25.4 Å². The Balaban J connectivity index is 1.22. The van der Waals surface area contributed by atoms with E-state index in [2.05, 4.69) is 31.5 Å². The van der Waals surface area contributed by atoms with Gasteiger partial charge >= 0.3 is 0 Å². The average Bonchev–Trinajstić information content (AvgIpc) is 3.58. The number of benzene rings is 2. The van der Waals surface area contributed by atoms with Crippen LogP contribution in [-0.4, -0.2) is 50.4 Å². The van der Waals surface area contributed by atoms with E-state index in [0.29, 0.717) is 53.4 Å². The third-order valence-corrected chi connectivity index (χ3v) is 8.05. The van der Waals surface area contributed by atoms with E-state index in [9.17, 15) is 19.7 Å². The number of H-pyrrole nitrogens is 1. The van der Waals surface area contributed by atoms with Gasteiger partial charge in [0.1, 0.15) is 29.3 Å². The van der Waals surface area contributed by atoms with Gasteiger partial charge in [-0.05, 0) is 59.9 Å². The van der Waals surface area contributed by atoms with Crippen molar-refractivity contribution in [1.29, 1.82) is 10.5 Å². The minimum absolute atomic E-state index is 0.0674. The molecule has 4 N–H and O–H groups in total. The highest BCUT2D eigenvalue weighted by atomic mass is 19.1. The molecule has 2 aromatic carbocycles. The molecule has 1 aliphatic rings. The first kappa shape index (κ1) is 30.1. The van der Waals surface area contributed by atoms with Gasteiger partial charge in [0.05, 0.1) is 23.0 Å². The van der Waals surface area contributed by atoms with E-state index in [1.165, 1.54) is 29.8 Å². The zero-order valence-electron chi connectivity index (χ0n) is 24.5. The highest BCUT2D eigenvalue weighted by Crippen LogP contribution is 2.40. The van der Waals surface area contributed by atoms with Crippen LogP contribution in [0.1, 0.15) is 35.2 Å². The molecule has 0 saturated carbocycles. The van der Waals surface area contributed by atoms with Crippen LogP contribution < -0.4 is 15.7 Å². The van der Waals surface area contributed by atoms with Crippen LogP contribution in [0.2, 0.25) is 0 Å². The Labute approximate surface area is 263 Å². The van der Waals surface area contributed by atoms with Gasteiger partial charge in [-0.25, -0.2) is 14.9 Å². The van der Waals surface area contributed by atoms with Crippen LogP contribution in [0, 0.1) is 28.5 Å². The summed E-state index contributed by atoms with van der Waals surface area (Å²) in [7, 11) is 0. The molecule has 0 aliphatic carbocycles. The quantitative estimate of drug-likeness (QED) is 0.109. The number of piperidine rings is 1. The molecular weight excluding hydrogens is 585 g/mol. The van der Waals surface area contributed by atoms with Crippen molar-refractivity contribution in [3.63, 3.8) is 0 Å². The summed E-state index contributed by atoms with van der Waals surface area (Å²) in [6, 6.07) is 18.4. The van der Waals surface area contributed by atoms with Gasteiger partial charge in [-0.15, -0.1) is 0 Å². The van der Waals surface area contributed by atoms with Crippen LogP contribution >= 0.6 is 0 Å². The number of rotatable bonds is 8. The van der Waals surface area contributed by atoms with Crippen LogP contribution in [0.3, 0.4) is 0 Å². The molecular formula is C34H28FN9O2. The molecule has 4 heterocycles. The zero-order valence-corrected chi connectivity index (χ0v) is 24.5. The van der Waals surface area contributed by atoms with E-state index < -0.39 is 11.7 Å². The average molecular weight is 614 g/mol. The molecule has 6 rings (SSSR count). The number of amides is 1. The number of nitrogens with zero attached hydrogens (tertiary/aromatic N) is 6. The number of hydrogen-bond acceptors (Lipinski definition) is 9. The van der Waals surface area contributed by atoms with Gasteiger partial charge in [0.25, 0.3) is 5.91 Å². The molecule has 1 aliphatic heterocycles. The van der Waals surface area contributed by atoms with Gasteiger partial charge in [0, 0.05) is 60.7 Å². The normalized spacial score (nSPS) is 13.5. The van der Waals surface area contributed by atoms with Gasteiger partial charge < -0.3 is 10.2 Å². The molecule has 5 aromatic rings. The number of anilines is 1. The van der Waals surface area contributed by atoms with Crippen molar-refractivity contribution < 1.29 is 14.4 Å². The summed E-state index contributed by atoms with van der Waals surface area (Å²) in [5.41, 5.74) is 6.72. The summed E-state index contributed by atoms with van der Waals surface area (Å²) in [5, 5.41) is 40.0. The Morgan fingerprint density at radius 3 is 2.59 bits per heavy atom. The first-order valence-electron chi connectivity index (χ1n) is 14.6. The summed E-state index contributed by atoms with van der Waals surface area (Å²) >= 11 is 0. The van der Waals surface area contributed by atoms with E-state index in [-0.39, 0.29) is 11.6 Å². The van der Waals surface area contributed by atoms with Crippen molar-refractivity contribution in [3.8, 4) is 34.4 Å². The number of aromatic nitrogens is 4. The molecule has 3 aromatic heterocycles. The summed E-state index contributed by atoms with van der Waals surface area (Å²) in [4.78, 5) is 22.4. The van der Waals surface area contributed by atoms with Crippen molar-refractivity contribution in [2.75, 3.05) is 18.0 Å². The highest BCUT2D eigenvalue weighted by molar-refractivity contribution is 5.93. The van der Waals surface area contributed by atoms with Crippen molar-refractivity contribution in [2.24, 2.45) is 0 Å². The van der Waals surface area contributed by atoms with E-state index in [0.717, 1.165) is 34.9 Å². The topological polar surface area (TPSA) is 167 Å². The first-order chi connectivity index (χ1) is 22.5. The number of halogens is 1. The summed E-state index contributed by atoms with van der Waals surface area (Å²) in [6.45, 7) is 1.94. The number of nitrogens with one attached hydrogen (secondary N) is 3. The number of aromatic amines is 1. The van der Waals surface area contributed by atoms with Crippen LogP contribution in [0.15, 0.2) is 73.2 Å². The Bertz CT molecular complexity index is 2020. The third kappa shape index (κ3) is 6.30. The standard InChI is InChI=1S/C34H28FN9O2/c35-30-13-23(3-4-24(30)15-36)33-28(16-37)34(40-20-29(33)22-2-5-25-19-41-42-31(25)14-22)44-11-9-27(10-12-44)39-18-21-1-6-26(38-17-21)7-8-32(45)43-46/h1-8,13-14,17,19-20,27,39,46H,9-12,18H2,(H,41,42)(H,43,45)/b8-7+. The summed E-state index contributed by atoms with van der Waals surface area (Å²) in [5.74, 6) is -0.743. The molecule has 11 nitrogen and oxygen atoms in total. The van der Waals surface area contributed by atoms with Crippen LogP contribution in [0.5, 0.6) is 0 Å². The number of nitriles is 2. The second-order valence-electron chi connectivity index (χ2n) is 10.9. The molecule has 0 spiro atoms. The summed E-state index contributed by atoms with van der Waals surface area (Å²) < 4.78 is 14.9. The van der Waals surface area contributed by atoms with Crippen LogP contribution in [-0.2, 0) is 11.3 Å². The largest absolute Gasteiger partial charge is 0.355 e. The zero-order chi connectivity index (χ0) is 32.0. The van der Waals surface area contributed by atoms with Gasteiger partial charge in [0.15, 0.2) is 0 Å². The smallest absolute Gasteiger partial charge is 0.267 e. The number of carbonyl (C=O) groups excluding carboxylic acids is 1. The molecule has 1 saturated heterocycles. The molecule has 12 heteroatoms. The number of fused-ring (bicyclic) bond motifs is 1. The van der Waals surface area contributed by atoms with E-state index in [4.69, 9.17) is 10.2 Å². The maximum atomic E-state index is 14.9. The van der Waals surface area contributed by atoms with Crippen molar-refractivity contribution in [1.82, 2.24) is 31.0 Å². The van der Waals surface area contributed by atoms with Gasteiger partial charge in [-0.3, -0.25) is 20.1 Å². The second-order valence-corrected chi connectivity index (χ2v) is 10.9. The highest BCUT2D eigenvalue weighted by Gasteiger charge is 2.26. The van der Waals surface area contributed by atoms with E-state index >= 15 is 0 Å². The molecule has 0 atom stereocenters. The van der Waals surface area contributed by atoms with E-state index in [1.54, 1.807) is 30.7 Å². The maximum absolute atomic E-state index is 14.9. The fourth-order valence-electron chi connectivity index (χ4n) is 5.63. The lowest BCUT2D eigenvalue weighted by Crippen LogP contribution is -2.42. The number of hydroxylamine groups is 1. The Morgan fingerprint density at radius 1 is 1.04 bits per heavy atom. The number of hydrogen-bond donors (Lipinski definition) is 4. The predicted octanol–water partition coefficient (Wildman–Crippen LogP) is 4.85. The minimum Gasteiger partial charge on any atom is -0.355 e. The Morgan fingerprint density at radius 2 is 1.87 bits per heavy atom. The van der Waals surface area contributed by atoms with Crippen LogP contribution in [0.4, 0.5) is 10.2 Å². The van der Waals surface area contributed by atoms with Crippen LogP contribution in [0.25, 0.3) is 39.2 Å². The minimum atomic E-state index is -0.653. The van der Waals surface area contributed by atoms with Gasteiger partial charge in [-0.2, -0.15) is 15.6 Å². The van der Waals surface area contributed by atoms with Gasteiger partial charge in [-0.1, -0.05) is 24.3 Å². The fourth-order valence-corrected chi connectivity index (χ4v) is 5.63. The van der Waals surface area contributed by atoms with Crippen molar-refractivity contribution in [3.05, 3.63) is 101 Å². The van der Waals surface area contributed by atoms with E-state index in [1.807, 2.05) is 30.3 Å². The Kier molecular flexibility index (Phi) is 8.74. The summed E-state index contributed by atoms with van der Waals surface area (Å²) in [6.07, 6.45) is 9.53. The maximum Gasteiger partial charge on any atom is 0.267 e. The lowest BCUT2D eigenvalue weighted by Gasteiger charge is -2.34. The molecule has 1 fully saturated rings. The molecule has 0 radical (unpaired) electrons. The first-order valence-corrected chi connectivity index (χ1v) is 14.6. The number of pyridine rings is 2. The SMILES string of the molecule is N#Cc1ccc(-c2c(-c3ccc4cn[nH]c4c3)cnc(N3CCC(NCc4ccc(/C=C/C(=O)NO)nc4)CC3)c2C#N)cc1F. The van der Waals surface area contributed by atoms with Crippen molar-refractivity contribution >= 4 is 28.7 Å². The lowest BCUT2D eigenvalue weighted by molar-refractivity contribution is -0.124. The molecule has 0 bridgehead atoms. The number of carbonyl (C=O) groups is 1.